The van der Waals surface area contributed by atoms with Crippen LogP contribution in [0.5, 0.6) is 5.75 Å². The maximum atomic E-state index is 13.2. The Morgan fingerprint density at radius 2 is 2.28 bits per heavy atom. The topological polar surface area (TPSA) is 49.8 Å². The maximum Gasteiger partial charge on any atom is 0.317 e. The van der Waals surface area contributed by atoms with Crippen molar-refractivity contribution in [2.75, 3.05) is 13.7 Å². The third-order valence-corrected chi connectivity index (χ3v) is 3.02. The molecule has 0 bridgehead atoms. The molecule has 1 N–H and O–H groups in total. The van der Waals surface area contributed by atoms with E-state index < -0.39 is 5.97 Å². The number of rotatable bonds is 6. The predicted molar refractivity (Wildman–Crippen MR) is 64.0 cm³/mol. The Morgan fingerprint density at radius 1 is 1.56 bits per heavy atom. The summed E-state index contributed by atoms with van der Waals surface area (Å²) < 4.78 is 18.4. The van der Waals surface area contributed by atoms with Crippen LogP contribution in [0.25, 0.3) is 0 Å². The third-order valence-electron chi connectivity index (χ3n) is 3.02. The number of methoxy groups -OCH3 is 1. The molecule has 1 saturated carbocycles. The fourth-order valence-electron chi connectivity index (χ4n) is 2.02. The molecule has 0 atom stereocenters. The van der Waals surface area contributed by atoms with Crippen molar-refractivity contribution >= 4 is 5.97 Å². The molecule has 0 unspecified atom stereocenters. The van der Waals surface area contributed by atoms with Gasteiger partial charge in [0.15, 0.2) is 0 Å². The molecule has 1 fully saturated rings. The van der Waals surface area contributed by atoms with E-state index in [-0.39, 0.29) is 12.4 Å². The number of hydrogen-bond acceptors (Lipinski definition) is 3. The molecule has 5 heteroatoms. The quantitative estimate of drug-likeness (QED) is 0.841. The molecule has 2 rings (SSSR count). The molecule has 18 heavy (non-hydrogen) atoms. The van der Waals surface area contributed by atoms with Gasteiger partial charge in [0.2, 0.25) is 0 Å². The van der Waals surface area contributed by atoms with E-state index >= 15 is 0 Å². The lowest BCUT2D eigenvalue weighted by atomic mass is 10.1. The maximum absolute atomic E-state index is 13.2. The summed E-state index contributed by atoms with van der Waals surface area (Å²) in [5.74, 6) is -0.610. The van der Waals surface area contributed by atoms with Gasteiger partial charge < -0.3 is 9.84 Å². The van der Waals surface area contributed by atoms with E-state index in [2.05, 4.69) is 0 Å². The summed E-state index contributed by atoms with van der Waals surface area (Å²) in [6, 6.07) is 4.60. The van der Waals surface area contributed by atoms with Crippen molar-refractivity contribution in [1.29, 1.82) is 0 Å². The number of hydrogen-bond donors (Lipinski definition) is 1. The standard InChI is InChI=1S/C13H16FNO3/c1-18-12-5-2-10(14)6-9(12)7-15(8-13(16)17)11-3-4-11/h2,5-6,11H,3-4,7-8H2,1H3,(H,16,17). The van der Waals surface area contributed by atoms with Crippen molar-refractivity contribution in [3.63, 3.8) is 0 Å². The second kappa shape index (κ2) is 5.35. The molecule has 1 aromatic carbocycles. The summed E-state index contributed by atoms with van der Waals surface area (Å²) in [5.41, 5.74) is 0.686. The lowest BCUT2D eigenvalue weighted by Gasteiger charge is -2.21. The first-order valence-electron chi connectivity index (χ1n) is 5.88. The second-order valence-electron chi connectivity index (χ2n) is 4.49. The molecule has 98 valence electrons. The van der Waals surface area contributed by atoms with Gasteiger partial charge in [-0.25, -0.2) is 4.39 Å². The van der Waals surface area contributed by atoms with Crippen LogP contribution in [0.4, 0.5) is 4.39 Å². The molecule has 0 saturated heterocycles. The first-order valence-corrected chi connectivity index (χ1v) is 5.88. The molecule has 1 aromatic rings. The number of ether oxygens (including phenoxy) is 1. The Labute approximate surface area is 105 Å². The van der Waals surface area contributed by atoms with Gasteiger partial charge in [0.1, 0.15) is 11.6 Å². The molecule has 0 aromatic heterocycles. The van der Waals surface area contributed by atoms with Crippen molar-refractivity contribution < 1.29 is 19.0 Å². The average molecular weight is 253 g/mol. The van der Waals surface area contributed by atoms with Gasteiger partial charge in [-0.15, -0.1) is 0 Å². The van der Waals surface area contributed by atoms with Crippen molar-refractivity contribution in [3.05, 3.63) is 29.6 Å². The molecule has 1 aliphatic carbocycles. The van der Waals surface area contributed by atoms with Crippen LogP contribution < -0.4 is 4.74 Å². The zero-order valence-electron chi connectivity index (χ0n) is 10.2. The number of carboxylic acid groups (broad SMARTS) is 1. The molecule has 0 heterocycles. The van der Waals surface area contributed by atoms with E-state index in [4.69, 9.17) is 9.84 Å². The van der Waals surface area contributed by atoms with E-state index in [0.717, 1.165) is 12.8 Å². The first kappa shape index (κ1) is 12.8. The number of aliphatic carboxylic acids is 1. The van der Waals surface area contributed by atoms with Gasteiger partial charge >= 0.3 is 5.97 Å². The first-order chi connectivity index (χ1) is 8.60. The van der Waals surface area contributed by atoms with E-state index in [1.165, 1.54) is 19.2 Å². The van der Waals surface area contributed by atoms with Crippen molar-refractivity contribution in [1.82, 2.24) is 4.90 Å². The fraction of sp³-hybridized carbons (Fsp3) is 0.462. The highest BCUT2D eigenvalue weighted by Gasteiger charge is 2.30. The lowest BCUT2D eigenvalue weighted by Crippen LogP contribution is -2.31. The Hall–Kier alpha value is -1.62. The molecule has 0 aliphatic heterocycles. The molecular formula is C13H16FNO3. The summed E-state index contributed by atoms with van der Waals surface area (Å²) in [7, 11) is 1.52. The highest BCUT2D eigenvalue weighted by molar-refractivity contribution is 5.69. The van der Waals surface area contributed by atoms with E-state index in [1.54, 1.807) is 6.07 Å². The zero-order chi connectivity index (χ0) is 13.1. The summed E-state index contributed by atoms with van der Waals surface area (Å²) in [6.07, 6.45) is 2.01. The smallest absolute Gasteiger partial charge is 0.317 e. The number of halogens is 1. The van der Waals surface area contributed by atoms with Gasteiger partial charge in [-0.1, -0.05) is 0 Å². The number of nitrogens with zero attached hydrogens (tertiary/aromatic N) is 1. The Kier molecular flexibility index (Phi) is 3.81. The number of benzene rings is 1. The lowest BCUT2D eigenvalue weighted by molar-refractivity contribution is -0.138. The number of carbonyl (C=O) groups is 1. The molecule has 1 aliphatic rings. The minimum Gasteiger partial charge on any atom is -0.496 e. The van der Waals surface area contributed by atoms with Gasteiger partial charge in [0.25, 0.3) is 0 Å². The van der Waals surface area contributed by atoms with Crippen LogP contribution >= 0.6 is 0 Å². The third kappa shape index (κ3) is 3.20. The normalized spacial score (nSPS) is 14.8. The SMILES string of the molecule is COc1ccc(F)cc1CN(CC(=O)O)C1CC1. The Morgan fingerprint density at radius 3 is 2.83 bits per heavy atom. The predicted octanol–water partition coefficient (Wildman–Crippen LogP) is 1.88. The molecular weight excluding hydrogens is 237 g/mol. The van der Waals surface area contributed by atoms with Crippen LogP contribution in [0.2, 0.25) is 0 Å². The van der Waals surface area contributed by atoms with Crippen LogP contribution in [0.3, 0.4) is 0 Å². The van der Waals surface area contributed by atoms with E-state index in [1.807, 2.05) is 4.90 Å². The van der Waals surface area contributed by atoms with Gasteiger partial charge in [0, 0.05) is 18.2 Å². The highest BCUT2D eigenvalue weighted by Crippen LogP contribution is 2.30. The van der Waals surface area contributed by atoms with Crippen LogP contribution in [-0.4, -0.2) is 35.7 Å². The summed E-state index contributed by atoms with van der Waals surface area (Å²) in [6.45, 7) is 0.377. The van der Waals surface area contributed by atoms with Gasteiger partial charge in [-0.05, 0) is 31.0 Å². The summed E-state index contributed by atoms with van der Waals surface area (Å²) in [4.78, 5) is 12.7. The van der Waals surface area contributed by atoms with Crippen molar-refractivity contribution in [2.45, 2.75) is 25.4 Å². The monoisotopic (exact) mass is 253 g/mol. The van der Waals surface area contributed by atoms with Crippen LogP contribution in [0.15, 0.2) is 18.2 Å². The number of carboxylic acids is 1. The zero-order valence-corrected chi connectivity index (χ0v) is 10.2. The van der Waals surface area contributed by atoms with Gasteiger partial charge in [0.05, 0.1) is 13.7 Å². The van der Waals surface area contributed by atoms with Gasteiger partial charge in [-0.2, -0.15) is 0 Å². The average Bonchev–Trinajstić information content (AvgIpc) is 3.11. The van der Waals surface area contributed by atoms with E-state index in [0.29, 0.717) is 23.9 Å². The summed E-state index contributed by atoms with van der Waals surface area (Å²) >= 11 is 0. The van der Waals surface area contributed by atoms with Crippen LogP contribution in [0, 0.1) is 5.82 Å². The van der Waals surface area contributed by atoms with E-state index in [9.17, 15) is 9.18 Å². The van der Waals surface area contributed by atoms with Gasteiger partial charge in [-0.3, -0.25) is 9.69 Å². The van der Waals surface area contributed by atoms with Crippen LogP contribution in [0.1, 0.15) is 18.4 Å². The summed E-state index contributed by atoms with van der Waals surface area (Å²) in [5, 5.41) is 8.87. The molecule has 0 amide bonds. The van der Waals surface area contributed by atoms with Crippen molar-refractivity contribution in [3.8, 4) is 5.75 Å². The minimum atomic E-state index is -0.864. The Balaban J connectivity index is 2.14. The Bertz CT molecular complexity index is 446. The molecule has 0 spiro atoms. The molecule has 4 nitrogen and oxygen atoms in total. The fourth-order valence-corrected chi connectivity index (χ4v) is 2.02. The minimum absolute atomic E-state index is 0.0235. The van der Waals surface area contributed by atoms with Crippen LogP contribution in [-0.2, 0) is 11.3 Å². The largest absolute Gasteiger partial charge is 0.496 e. The highest BCUT2D eigenvalue weighted by atomic mass is 19.1. The second-order valence-corrected chi connectivity index (χ2v) is 4.49. The van der Waals surface area contributed by atoms with Crippen molar-refractivity contribution in [2.24, 2.45) is 0 Å². The molecule has 0 radical (unpaired) electrons.